The lowest BCUT2D eigenvalue weighted by Crippen LogP contribution is -1.87. The molecule has 0 fully saturated rings. The first-order valence-corrected chi connectivity index (χ1v) is 4.12. The second-order valence-electron chi connectivity index (χ2n) is 2.89. The Balaban J connectivity index is 3.85. The summed E-state index contributed by atoms with van der Waals surface area (Å²) in [4.78, 5) is 0. The van der Waals surface area contributed by atoms with Crippen molar-refractivity contribution in [2.24, 2.45) is 5.92 Å². The van der Waals surface area contributed by atoms with Crippen molar-refractivity contribution < 1.29 is 4.39 Å². The molecule has 0 bridgehead atoms. The van der Waals surface area contributed by atoms with E-state index in [-0.39, 0.29) is 5.03 Å². The van der Waals surface area contributed by atoms with Crippen LogP contribution in [0, 0.1) is 5.92 Å². The third kappa shape index (κ3) is 5.02. The normalized spacial score (nSPS) is 13.2. The lowest BCUT2D eigenvalue weighted by molar-refractivity contribution is 0.579. The average molecular weight is 177 g/mol. The number of allylic oxidation sites excluding steroid dienone is 3. The maximum atomic E-state index is 12.6. The van der Waals surface area contributed by atoms with Crippen molar-refractivity contribution in [3.63, 3.8) is 0 Å². The fraction of sp³-hybridized carbons (Fsp3) is 0.556. The maximum absolute atomic E-state index is 12.6. The van der Waals surface area contributed by atoms with E-state index in [1.807, 2.05) is 0 Å². The molecular formula is C9H14ClF. The Morgan fingerprint density at radius 1 is 1.64 bits per heavy atom. The largest absolute Gasteiger partial charge is 0.206 e. The van der Waals surface area contributed by atoms with Gasteiger partial charge in [-0.05, 0) is 24.8 Å². The third-order valence-electron chi connectivity index (χ3n) is 1.38. The van der Waals surface area contributed by atoms with E-state index in [0.717, 1.165) is 12.5 Å². The highest BCUT2D eigenvalue weighted by molar-refractivity contribution is 6.29. The Hall–Kier alpha value is -0.300. The first-order chi connectivity index (χ1) is 5.07. The van der Waals surface area contributed by atoms with Crippen LogP contribution in [0.2, 0.25) is 0 Å². The quantitative estimate of drug-likeness (QED) is 0.568. The Morgan fingerprint density at radius 2 is 2.18 bits per heavy atom. The van der Waals surface area contributed by atoms with E-state index in [4.69, 9.17) is 11.6 Å². The molecule has 0 saturated heterocycles. The zero-order valence-electron chi connectivity index (χ0n) is 7.03. The van der Waals surface area contributed by atoms with Crippen LogP contribution in [0.15, 0.2) is 23.5 Å². The van der Waals surface area contributed by atoms with Gasteiger partial charge in [0.15, 0.2) is 0 Å². The van der Waals surface area contributed by atoms with Gasteiger partial charge in [0, 0.05) is 0 Å². The fourth-order valence-corrected chi connectivity index (χ4v) is 0.832. The maximum Gasteiger partial charge on any atom is 0.137 e. The molecule has 0 spiro atoms. The van der Waals surface area contributed by atoms with Gasteiger partial charge in [0.25, 0.3) is 0 Å². The molecule has 0 aliphatic carbocycles. The molecule has 0 radical (unpaired) electrons. The minimum atomic E-state index is -0.396. The summed E-state index contributed by atoms with van der Waals surface area (Å²) in [5.41, 5.74) is 0. The Labute approximate surface area is 72.7 Å². The first kappa shape index (κ1) is 10.7. The van der Waals surface area contributed by atoms with Crippen molar-refractivity contribution in [3.8, 4) is 0 Å². The van der Waals surface area contributed by atoms with Crippen LogP contribution in [-0.4, -0.2) is 0 Å². The molecule has 2 heteroatoms. The summed E-state index contributed by atoms with van der Waals surface area (Å²) >= 11 is 5.61. The van der Waals surface area contributed by atoms with Crippen LogP contribution in [0.5, 0.6) is 0 Å². The predicted octanol–water partition coefficient (Wildman–Crippen LogP) is 4.03. The Bertz CT molecular complexity index is 159. The van der Waals surface area contributed by atoms with Crippen molar-refractivity contribution in [1.29, 1.82) is 0 Å². The molecule has 0 atom stereocenters. The van der Waals surface area contributed by atoms with Crippen molar-refractivity contribution in [1.82, 2.24) is 0 Å². The monoisotopic (exact) mass is 176 g/mol. The van der Waals surface area contributed by atoms with Gasteiger partial charge < -0.3 is 0 Å². The van der Waals surface area contributed by atoms with Crippen LogP contribution in [0.25, 0.3) is 0 Å². The Morgan fingerprint density at radius 3 is 2.55 bits per heavy atom. The second kappa shape index (κ2) is 5.36. The van der Waals surface area contributed by atoms with Crippen molar-refractivity contribution in [2.75, 3.05) is 0 Å². The van der Waals surface area contributed by atoms with E-state index in [9.17, 15) is 4.39 Å². The summed E-state index contributed by atoms with van der Waals surface area (Å²) in [6.07, 6.45) is 2.67. The summed E-state index contributed by atoms with van der Waals surface area (Å²) in [6, 6.07) is 0. The van der Waals surface area contributed by atoms with Crippen LogP contribution < -0.4 is 0 Å². The smallest absolute Gasteiger partial charge is 0.137 e. The van der Waals surface area contributed by atoms with Crippen LogP contribution >= 0.6 is 11.6 Å². The lowest BCUT2D eigenvalue weighted by Gasteiger charge is -2.02. The van der Waals surface area contributed by atoms with Crippen molar-refractivity contribution in [3.05, 3.63) is 23.5 Å². The van der Waals surface area contributed by atoms with Crippen molar-refractivity contribution >= 4 is 11.6 Å². The molecule has 0 amide bonds. The van der Waals surface area contributed by atoms with Gasteiger partial charge in [0.05, 0.1) is 5.03 Å². The van der Waals surface area contributed by atoms with E-state index < -0.39 is 5.83 Å². The molecule has 0 aromatic heterocycles. The van der Waals surface area contributed by atoms with Crippen molar-refractivity contribution in [2.45, 2.75) is 26.7 Å². The molecule has 0 aliphatic heterocycles. The zero-order chi connectivity index (χ0) is 8.85. The lowest BCUT2D eigenvalue weighted by atomic mass is 10.1. The highest BCUT2D eigenvalue weighted by atomic mass is 35.5. The number of hydrogen-bond acceptors (Lipinski definition) is 0. The predicted molar refractivity (Wildman–Crippen MR) is 48.3 cm³/mol. The van der Waals surface area contributed by atoms with Crippen LogP contribution in [0.3, 0.4) is 0 Å². The van der Waals surface area contributed by atoms with E-state index in [2.05, 4.69) is 20.4 Å². The van der Waals surface area contributed by atoms with Crippen LogP contribution in [0.4, 0.5) is 4.39 Å². The molecule has 0 saturated carbocycles. The van der Waals surface area contributed by atoms with E-state index >= 15 is 0 Å². The SMILES string of the molecule is C=C/C(F)=C(/Cl)CCC(C)C. The average Bonchev–Trinajstić information content (AvgIpc) is 1.98. The van der Waals surface area contributed by atoms with Gasteiger partial charge in [-0.25, -0.2) is 4.39 Å². The fourth-order valence-electron chi connectivity index (χ4n) is 0.646. The molecule has 64 valence electrons. The molecule has 0 rings (SSSR count). The molecule has 0 nitrogen and oxygen atoms in total. The molecule has 0 N–H and O–H groups in total. The molecule has 0 heterocycles. The topological polar surface area (TPSA) is 0 Å². The third-order valence-corrected chi connectivity index (χ3v) is 1.75. The van der Waals surface area contributed by atoms with Gasteiger partial charge in [-0.2, -0.15) is 0 Å². The standard InChI is InChI=1S/C9H14ClF/c1-4-9(11)8(10)6-5-7(2)3/h4,7H,1,5-6H2,2-3H3/b9-8-. The molecule has 11 heavy (non-hydrogen) atoms. The molecule has 0 aromatic carbocycles. The molecule has 0 unspecified atom stereocenters. The van der Waals surface area contributed by atoms with Gasteiger partial charge >= 0.3 is 0 Å². The number of hydrogen-bond donors (Lipinski definition) is 0. The second-order valence-corrected chi connectivity index (χ2v) is 3.35. The zero-order valence-corrected chi connectivity index (χ0v) is 7.79. The summed E-state index contributed by atoms with van der Waals surface area (Å²) in [7, 11) is 0. The summed E-state index contributed by atoms with van der Waals surface area (Å²) in [5, 5.41) is 0.286. The number of halogens is 2. The molecular weight excluding hydrogens is 163 g/mol. The van der Waals surface area contributed by atoms with E-state index in [1.165, 1.54) is 0 Å². The van der Waals surface area contributed by atoms with Gasteiger partial charge in [-0.1, -0.05) is 32.0 Å². The van der Waals surface area contributed by atoms with E-state index in [1.54, 1.807) is 0 Å². The Kier molecular flexibility index (Phi) is 5.22. The molecule has 0 aromatic rings. The number of rotatable bonds is 4. The summed E-state index contributed by atoms with van der Waals surface area (Å²) in [6.45, 7) is 7.45. The highest BCUT2D eigenvalue weighted by Gasteiger charge is 2.01. The van der Waals surface area contributed by atoms with Gasteiger partial charge in [0.2, 0.25) is 0 Å². The minimum absolute atomic E-state index is 0.286. The van der Waals surface area contributed by atoms with Crippen LogP contribution in [0.1, 0.15) is 26.7 Å². The van der Waals surface area contributed by atoms with Crippen LogP contribution in [-0.2, 0) is 0 Å². The van der Waals surface area contributed by atoms with Gasteiger partial charge in [0.1, 0.15) is 5.83 Å². The highest BCUT2D eigenvalue weighted by Crippen LogP contribution is 2.19. The van der Waals surface area contributed by atoms with Gasteiger partial charge in [-0.15, -0.1) is 0 Å². The molecule has 0 aliphatic rings. The minimum Gasteiger partial charge on any atom is -0.206 e. The summed E-state index contributed by atoms with van der Waals surface area (Å²) in [5.74, 6) is 0.161. The first-order valence-electron chi connectivity index (χ1n) is 3.74. The van der Waals surface area contributed by atoms with Gasteiger partial charge in [-0.3, -0.25) is 0 Å². The van der Waals surface area contributed by atoms with E-state index in [0.29, 0.717) is 12.3 Å². The summed E-state index contributed by atoms with van der Waals surface area (Å²) < 4.78 is 12.6.